The second-order valence-electron chi connectivity index (χ2n) is 7.84. The highest BCUT2D eigenvalue weighted by atomic mass is 19.1. The van der Waals surface area contributed by atoms with Crippen LogP contribution in [-0.4, -0.2) is 22.0 Å². The minimum Gasteiger partial charge on any atom is -0.505 e. The number of hydrogen-bond donors (Lipinski definition) is 2. The zero-order valence-corrected chi connectivity index (χ0v) is 17.2. The maximum Gasteiger partial charge on any atom is 0.359 e. The molecule has 0 saturated carbocycles. The van der Waals surface area contributed by atoms with Gasteiger partial charge in [0.1, 0.15) is 17.6 Å². The van der Waals surface area contributed by atoms with Gasteiger partial charge in [0.05, 0.1) is 0 Å². The van der Waals surface area contributed by atoms with E-state index >= 15 is 0 Å². The van der Waals surface area contributed by atoms with Crippen LogP contribution in [0.25, 0.3) is 11.3 Å². The van der Waals surface area contributed by atoms with E-state index in [0.29, 0.717) is 24.2 Å². The normalized spacial score (nSPS) is 14.8. The number of nitrogens with one attached hydrogen (secondary N) is 1. The Morgan fingerprint density at radius 3 is 2.41 bits per heavy atom. The Bertz CT molecular complexity index is 1290. The van der Waals surface area contributed by atoms with Gasteiger partial charge >= 0.3 is 11.7 Å². The quantitative estimate of drug-likeness (QED) is 0.471. The third-order valence-corrected chi connectivity index (χ3v) is 5.60. The smallest absolute Gasteiger partial charge is 0.359 e. The first kappa shape index (κ1) is 19.9. The average molecular weight is 426 g/mol. The molecule has 0 saturated heterocycles. The third-order valence-electron chi connectivity index (χ3n) is 5.60. The van der Waals surface area contributed by atoms with Gasteiger partial charge in [0.2, 0.25) is 0 Å². The van der Waals surface area contributed by atoms with Gasteiger partial charge in [0, 0.05) is 18.4 Å². The average Bonchev–Trinajstić information content (AvgIpc) is 3.13. The monoisotopic (exact) mass is 426 g/mol. The summed E-state index contributed by atoms with van der Waals surface area (Å²) in [4.78, 5) is 18.2. The lowest BCUT2D eigenvalue weighted by molar-refractivity contribution is -0.552. The lowest BCUT2D eigenvalue weighted by Gasteiger charge is -2.07. The molecule has 32 heavy (non-hydrogen) atoms. The first-order chi connectivity index (χ1) is 15.6. The number of anilines is 1. The number of carbonyl (C=O) groups is 1. The molecule has 0 aliphatic carbocycles. The molecule has 158 valence electrons. The van der Waals surface area contributed by atoms with Gasteiger partial charge in [-0.25, -0.2) is 14.2 Å². The molecular formula is C26H21FN3O2+. The summed E-state index contributed by atoms with van der Waals surface area (Å²) >= 11 is 0. The zero-order valence-electron chi connectivity index (χ0n) is 17.2. The summed E-state index contributed by atoms with van der Waals surface area (Å²) in [7, 11) is 0. The lowest BCUT2D eigenvalue weighted by atomic mass is 10.1. The molecule has 0 radical (unpaired) electrons. The van der Waals surface area contributed by atoms with Crippen LogP contribution in [0.3, 0.4) is 0 Å². The number of hydrogen-bond acceptors (Lipinski definition) is 4. The number of carbonyl (C=O) groups excluding carboxylic acids is 1. The summed E-state index contributed by atoms with van der Waals surface area (Å²) in [5.74, 6) is -0.553. The van der Waals surface area contributed by atoms with Crippen molar-refractivity contribution in [3.05, 3.63) is 108 Å². The van der Waals surface area contributed by atoms with Crippen LogP contribution in [0.15, 0.2) is 85.1 Å². The SMILES string of the molecule is O=C1C(Cc2ccc(F)c(O)c2)Nc2c(Cc3ccccc3)nc(-c3ccccc3)c[n+]21. The first-order valence-electron chi connectivity index (χ1n) is 10.4. The third kappa shape index (κ3) is 3.83. The number of benzene rings is 3. The zero-order chi connectivity index (χ0) is 22.1. The molecule has 0 amide bonds. The molecule has 6 heteroatoms. The first-order valence-corrected chi connectivity index (χ1v) is 10.4. The number of phenols is 1. The molecule has 4 aromatic rings. The Morgan fingerprint density at radius 1 is 0.969 bits per heavy atom. The molecule has 0 bridgehead atoms. The van der Waals surface area contributed by atoms with Crippen LogP contribution in [0.1, 0.15) is 21.6 Å². The summed E-state index contributed by atoms with van der Waals surface area (Å²) in [5, 5.41) is 13.0. The Morgan fingerprint density at radius 2 is 1.69 bits per heavy atom. The molecule has 3 aromatic carbocycles. The summed E-state index contributed by atoms with van der Waals surface area (Å²) in [6, 6.07) is 23.3. The number of aromatic hydroxyl groups is 1. The van der Waals surface area contributed by atoms with E-state index in [2.05, 4.69) is 5.32 Å². The molecule has 1 aliphatic heterocycles. The number of phenolic OH excluding ortho intramolecular Hbond substituents is 1. The topological polar surface area (TPSA) is 66.1 Å². The van der Waals surface area contributed by atoms with Crippen molar-refractivity contribution in [1.29, 1.82) is 0 Å². The van der Waals surface area contributed by atoms with Crippen molar-refractivity contribution in [3.63, 3.8) is 0 Å². The predicted octanol–water partition coefficient (Wildman–Crippen LogP) is 4.15. The molecular weight excluding hydrogens is 405 g/mol. The molecule has 1 atom stereocenters. The van der Waals surface area contributed by atoms with Crippen molar-refractivity contribution in [2.24, 2.45) is 0 Å². The standard InChI is InChI=1S/C26H20FN3O2/c27-20-12-11-18(15-24(20)31)14-22-26(32)30-16-23(19-9-5-2-6-10-19)28-21(25(30)29-22)13-17-7-3-1-4-8-17/h1-12,15-16,22,31H,13-14H2/p+1. The van der Waals surface area contributed by atoms with Crippen molar-refractivity contribution < 1.29 is 18.9 Å². The second-order valence-corrected chi connectivity index (χ2v) is 7.84. The molecule has 1 aliphatic rings. The number of fused-ring (bicyclic) bond motifs is 1. The molecule has 0 spiro atoms. The fourth-order valence-corrected chi connectivity index (χ4v) is 3.99. The Labute approximate surface area is 184 Å². The molecule has 5 nitrogen and oxygen atoms in total. The van der Waals surface area contributed by atoms with E-state index in [1.165, 1.54) is 12.1 Å². The van der Waals surface area contributed by atoms with Gasteiger partial charge in [-0.15, -0.1) is 0 Å². The van der Waals surface area contributed by atoms with Crippen LogP contribution in [0.4, 0.5) is 10.2 Å². The molecule has 1 unspecified atom stereocenters. The maximum atomic E-state index is 13.4. The lowest BCUT2D eigenvalue weighted by Crippen LogP contribution is -2.44. The van der Waals surface area contributed by atoms with Crippen LogP contribution >= 0.6 is 0 Å². The van der Waals surface area contributed by atoms with Crippen molar-refractivity contribution in [2.45, 2.75) is 18.9 Å². The van der Waals surface area contributed by atoms with Gasteiger partial charge in [-0.3, -0.25) is 5.32 Å². The summed E-state index contributed by atoms with van der Waals surface area (Å²) < 4.78 is 15.1. The number of nitrogens with zero attached hydrogens (tertiary/aromatic N) is 2. The largest absolute Gasteiger partial charge is 0.505 e. The van der Waals surface area contributed by atoms with Gasteiger partial charge in [-0.05, 0) is 23.3 Å². The van der Waals surface area contributed by atoms with Gasteiger partial charge in [0.15, 0.2) is 17.6 Å². The van der Waals surface area contributed by atoms with Crippen LogP contribution in [-0.2, 0) is 12.8 Å². The van der Waals surface area contributed by atoms with E-state index in [0.717, 1.165) is 22.5 Å². The fraction of sp³-hybridized carbons (Fsp3) is 0.115. The van der Waals surface area contributed by atoms with Crippen LogP contribution in [0.2, 0.25) is 0 Å². The molecule has 0 fully saturated rings. The molecule has 1 aromatic heterocycles. The number of rotatable bonds is 5. The van der Waals surface area contributed by atoms with E-state index in [9.17, 15) is 14.3 Å². The van der Waals surface area contributed by atoms with Crippen molar-refractivity contribution in [1.82, 2.24) is 4.98 Å². The Hall–Kier alpha value is -4.06. The summed E-state index contributed by atoms with van der Waals surface area (Å²) in [6.45, 7) is 0. The minimum atomic E-state index is -0.682. The van der Waals surface area contributed by atoms with E-state index in [1.807, 2.05) is 60.7 Å². The Balaban J connectivity index is 1.53. The highest BCUT2D eigenvalue weighted by Gasteiger charge is 2.41. The van der Waals surface area contributed by atoms with Crippen LogP contribution in [0.5, 0.6) is 5.75 Å². The van der Waals surface area contributed by atoms with E-state index < -0.39 is 17.6 Å². The number of aromatic nitrogens is 2. The van der Waals surface area contributed by atoms with Crippen molar-refractivity contribution in [2.75, 3.05) is 5.32 Å². The fourth-order valence-electron chi connectivity index (χ4n) is 3.99. The van der Waals surface area contributed by atoms with Gasteiger partial charge in [-0.1, -0.05) is 66.7 Å². The summed E-state index contributed by atoms with van der Waals surface area (Å²) in [6.07, 6.45) is 2.65. The predicted molar refractivity (Wildman–Crippen MR) is 119 cm³/mol. The van der Waals surface area contributed by atoms with Gasteiger partial charge in [-0.2, -0.15) is 4.57 Å². The van der Waals surface area contributed by atoms with Crippen LogP contribution < -0.4 is 9.88 Å². The summed E-state index contributed by atoms with van der Waals surface area (Å²) in [5.41, 5.74) is 4.18. The maximum absolute atomic E-state index is 13.4. The van der Waals surface area contributed by atoms with Crippen LogP contribution in [0, 0.1) is 5.82 Å². The minimum absolute atomic E-state index is 0.113. The molecule has 2 N–H and O–H groups in total. The van der Waals surface area contributed by atoms with Gasteiger partial charge < -0.3 is 5.11 Å². The van der Waals surface area contributed by atoms with E-state index in [4.69, 9.17) is 4.98 Å². The van der Waals surface area contributed by atoms with E-state index in [-0.39, 0.29) is 5.91 Å². The highest BCUT2D eigenvalue weighted by molar-refractivity contribution is 5.82. The molecule has 2 heterocycles. The van der Waals surface area contributed by atoms with Gasteiger partial charge in [0.25, 0.3) is 0 Å². The highest BCUT2D eigenvalue weighted by Crippen LogP contribution is 2.25. The molecule has 5 rings (SSSR count). The Kier molecular flexibility index (Phi) is 5.11. The van der Waals surface area contributed by atoms with Crippen molar-refractivity contribution >= 4 is 11.7 Å². The van der Waals surface area contributed by atoms with E-state index in [1.54, 1.807) is 16.8 Å². The number of halogens is 1. The second kappa shape index (κ2) is 8.23. The van der Waals surface area contributed by atoms with Crippen molar-refractivity contribution in [3.8, 4) is 17.0 Å².